The molecule has 0 spiro atoms. The number of nitrogens with one attached hydrogen (secondary N) is 1. The third-order valence-corrected chi connectivity index (χ3v) is 4.96. The van der Waals surface area contributed by atoms with Gasteiger partial charge in [-0.25, -0.2) is 13.8 Å². The first kappa shape index (κ1) is 19.8. The maximum Gasteiger partial charge on any atom is 0.227 e. The van der Waals surface area contributed by atoms with Crippen molar-refractivity contribution in [3.63, 3.8) is 0 Å². The summed E-state index contributed by atoms with van der Waals surface area (Å²) in [6.07, 6.45) is 1.87. The lowest BCUT2D eigenvalue weighted by molar-refractivity contribution is -0.130. The molecule has 30 heavy (non-hydrogen) atoms. The molecule has 8 heteroatoms. The highest BCUT2D eigenvalue weighted by Gasteiger charge is 2.23. The second kappa shape index (κ2) is 8.86. The predicted octanol–water partition coefficient (Wildman–Crippen LogP) is 3.39. The van der Waals surface area contributed by atoms with E-state index in [-0.39, 0.29) is 24.0 Å². The molecule has 0 saturated carbocycles. The van der Waals surface area contributed by atoms with Crippen LogP contribution in [0.15, 0.2) is 60.8 Å². The molecule has 1 aliphatic rings. The van der Waals surface area contributed by atoms with Gasteiger partial charge >= 0.3 is 0 Å². The van der Waals surface area contributed by atoms with Gasteiger partial charge in [0.2, 0.25) is 11.9 Å². The second-order valence-corrected chi connectivity index (χ2v) is 7.02. The highest BCUT2D eigenvalue weighted by molar-refractivity contribution is 5.79. The molecular formula is C22H21F2N5O. The van der Waals surface area contributed by atoms with Crippen LogP contribution in [0.3, 0.4) is 0 Å². The van der Waals surface area contributed by atoms with E-state index >= 15 is 0 Å². The normalized spacial score (nSPS) is 13.9. The summed E-state index contributed by atoms with van der Waals surface area (Å²) in [6, 6.07) is 14.1. The Labute approximate surface area is 173 Å². The average molecular weight is 409 g/mol. The number of amides is 1. The summed E-state index contributed by atoms with van der Waals surface area (Å²) >= 11 is 0. The van der Waals surface area contributed by atoms with Gasteiger partial charge in [-0.15, -0.1) is 0 Å². The Morgan fingerprint density at radius 3 is 2.43 bits per heavy atom. The molecule has 154 valence electrons. The van der Waals surface area contributed by atoms with Gasteiger partial charge in [-0.05, 0) is 35.9 Å². The maximum absolute atomic E-state index is 13.9. The number of para-hydroxylation sites is 1. The Morgan fingerprint density at radius 2 is 1.70 bits per heavy atom. The van der Waals surface area contributed by atoms with Crippen LogP contribution in [0.4, 0.5) is 26.2 Å². The highest BCUT2D eigenvalue weighted by atomic mass is 19.1. The average Bonchev–Trinajstić information content (AvgIpc) is 2.77. The molecule has 4 rings (SSSR count). The Balaban J connectivity index is 1.35. The number of halogens is 2. The van der Waals surface area contributed by atoms with Crippen molar-refractivity contribution in [1.29, 1.82) is 0 Å². The van der Waals surface area contributed by atoms with Crippen molar-refractivity contribution in [2.45, 2.75) is 6.42 Å². The number of piperazine rings is 1. The molecule has 0 aliphatic carbocycles. The number of nitrogens with zero attached hydrogens (tertiary/aromatic N) is 4. The second-order valence-electron chi connectivity index (χ2n) is 7.02. The van der Waals surface area contributed by atoms with Gasteiger partial charge in [0.05, 0.1) is 12.1 Å². The summed E-state index contributed by atoms with van der Waals surface area (Å²) < 4.78 is 26.9. The van der Waals surface area contributed by atoms with Gasteiger partial charge in [0.1, 0.15) is 17.5 Å². The van der Waals surface area contributed by atoms with Crippen molar-refractivity contribution in [2.75, 3.05) is 36.4 Å². The summed E-state index contributed by atoms with van der Waals surface area (Å²) in [6.45, 7) is 2.29. The Morgan fingerprint density at radius 1 is 0.967 bits per heavy atom. The number of rotatable bonds is 5. The number of aromatic nitrogens is 2. The van der Waals surface area contributed by atoms with Crippen LogP contribution in [-0.2, 0) is 11.2 Å². The van der Waals surface area contributed by atoms with Crippen LogP contribution in [0.2, 0.25) is 0 Å². The Kier molecular flexibility index (Phi) is 5.83. The van der Waals surface area contributed by atoms with E-state index in [9.17, 15) is 13.6 Å². The third-order valence-electron chi connectivity index (χ3n) is 4.96. The van der Waals surface area contributed by atoms with E-state index in [1.54, 1.807) is 47.5 Å². The topological polar surface area (TPSA) is 61.4 Å². The maximum atomic E-state index is 13.9. The van der Waals surface area contributed by atoms with Crippen LogP contribution >= 0.6 is 0 Å². The minimum absolute atomic E-state index is 0.0112. The van der Waals surface area contributed by atoms with Crippen LogP contribution in [0.1, 0.15) is 5.56 Å². The lowest BCUT2D eigenvalue weighted by Crippen LogP contribution is -2.49. The zero-order chi connectivity index (χ0) is 20.9. The number of carbonyl (C=O) groups is 1. The molecule has 2 heterocycles. The molecule has 6 nitrogen and oxygen atoms in total. The van der Waals surface area contributed by atoms with Gasteiger partial charge in [0.25, 0.3) is 0 Å². The van der Waals surface area contributed by atoms with Crippen molar-refractivity contribution < 1.29 is 13.6 Å². The van der Waals surface area contributed by atoms with Crippen molar-refractivity contribution in [1.82, 2.24) is 14.9 Å². The minimum atomic E-state index is -0.356. The molecule has 1 fully saturated rings. The summed E-state index contributed by atoms with van der Waals surface area (Å²) in [5.74, 6) is 0.372. The highest BCUT2D eigenvalue weighted by Crippen LogP contribution is 2.20. The summed E-state index contributed by atoms with van der Waals surface area (Å²) in [7, 11) is 0. The van der Waals surface area contributed by atoms with Crippen molar-refractivity contribution >= 4 is 23.4 Å². The van der Waals surface area contributed by atoms with Crippen molar-refractivity contribution in [3.05, 3.63) is 78.0 Å². The molecule has 0 radical (unpaired) electrons. The van der Waals surface area contributed by atoms with Crippen LogP contribution in [0.25, 0.3) is 0 Å². The molecule has 3 aromatic rings. The molecule has 1 amide bonds. The van der Waals surface area contributed by atoms with E-state index in [0.29, 0.717) is 43.6 Å². The van der Waals surface area contributed by atoms with Crippen LogP contribution in [-0.4, -0.2) is 47.0 Å². The van der Waals surface area contributed by atoms with Gasteiger partial charge in [-0.2, -0.15) is 4.98 Å². The minimum Gasteiger partial charge on any atom is -0.339 e. The van der Waals surface area contributed by atoms with E-state index in [2.05, 4.69) is 15.3 Å². The summed E-state index contributed by atoms with van der Waals surface area (Å²) in [5, 5.41) is 2.97. The first-order valence-electron chi connectivity index (χ1n) is 9.70. The van der Waals surface area contributed by atoms with Crippen LogP contribution in [0, 0.1) is 11.6 Å². The molecular weight excluding hydrogens is 388 g/mol. The standard InChI is InChI=1S/C22H21F2N5O/c23-17-7-5-16(6-8-17)15-21(30)28-11-13-29(14-12-28)22-25-10-9-20(27-22)26-19-4-2-1-3-18(19)24/h1-10H,11-15H2,(H,25,26,27). The predicted molar refractivity (Wildman–Crippen MR) is 111 cm³/mol. The van der Waals surface area contributed by atoms with E-state index in [1.807, 2.05) is 4.90 Å². The quantitative estimate of drug-likeness (QED) is 0.700. The number of hydrogen-bond donors (Lipinski definition) is 1. The van der Waals surface area contributed by atoms with E-state index < -0.39 is 0 Å². The van der Waals surface area contributed by atoms with Gasteiger partial charge in [0.15, 0.2) is 0 Å². The zero-order valence-electron chi connectivity index (χ0n) is 16.3. The third kappa shape index (κ3) is 4.71. The monoisotopic (exact) mass is 409 g/mol. The first-order chi connectivity index (χ1) is 14.6. The first-order valence-corrected chi connectivity index (χ1v) is 9.70. The van der Waals surface area contributed by atoms with Crippen LogP contribution < -0.4 is 10.2 Å². The molecule has 1 aromatic heterocycles. The number of carbonyl (C=O) groups excluding carboxylic acids is 1. The van der Waals surface area contributed by atoms with Crippen molar-refractivity contribution in [3.8, 4) is 0 Å². The lowest BCUT2D eigenvalue weighted by atomic mass is 10.1. The Bertz CT molecular complexity index is 1020. The number of anilines is 3. The van der Waals surface area contributed by atoms with Gasteiger partial charge in [-0.3, -0.25) is 4.79 Å². The summed E-state index contributed by atoms with van der Waals surface area (Å²) in [4.78, 5) is 25.1. The fraction of sp³-hybridized carbons (Fsp3) is 0.227. The fourth-order valence-electron chi connectivity index (χ4n) is 3.32. The van der Waals surface area contributed by atoms with E-state index in [1.165, 1.54) is 18.2 Å². The van der Waals surface area contributed by atoms with Gasteiger partial charge in [-0.1, -0.05) is 24.3 Å². The molecule has 0 unspecified atom stereocenters. The van der Waals surface area contributed by atoms with E-state index in [4.69, 9.17) is 0 Å². The van der Waals surface area contributed by atoms with Gasteiger partial charge in [0, 0.05) is 32.4 Å². The molecule has 1 saturated heterocycles. The number of hydrogen-bond acceptors (Lipinski definition) is 5. The molecule has 0 atom stereocenters. The molecule has 1 aliphatic heterocycles. The molecule has 1 N–H and O–H groups in total. The molecule has 0 bridgehead atoms. The largest absolute Gasteiger partial charge is 0.339 e. The Hall–Kier alpha value is -3.55. The smallest absolute Gasteiger partial charge is 0.227 e. The van der Waals surface area contributed by atoms with Gasteiger partial charge < -0.3 is 15.1 Å². The SMILES string of the molecule is O=C(Cc1ccc(F)cc1)N1CCN(c2nccc(Nc3ccccc3F)n2)CC1. The summed E-state index contributed by atoms with van der Waals surface area (Å²) in [5.41, 5.74) is 1.14. The fourth-order valence-corrected chi connectivity index (χ4v) is 3.32. The molecule has 2 aromatic carbocycles. The van der Waals surface area contributed by atoms with E-state index in [0.717, 1.165) is 5.56 Å². The lowest BCUT2D eigenvalue weighted by Gasteiger charge is -2.34. The van der Waals surface area contributed by atoms with Crippen molar-refractivity contribution in [2.24, 2.45) is 0 Å². The zero-order valence-corrected chi connectivity index (χ0v) is 16.3. The van der Waals surface area contributed by atoms with Crippen LogP contribution in [0.5, 0.6) is 0 Å². The number of benzene rings is 2.